The molecule has 1 atom stereocenters. The molecular weight excluding hydrogens is 246 g/mol. The van der Waals surface area contributed by atoms with Crippen LogP contribution in [0, 0.1) is 20.8 Å². The SMILES string of the molecule is Cc1cc(C)c(CNC(CC(=O)O)C(=O)O)cc1C. The largest absolute Gasteiger partial charge is 0.481 e. The standard InChI is InChI=1S/C14H19NO4/c1-8-4-10(3)11(5-9(8)2)7-15-12(14(18)19)6-13(16)17/h4-5,12,15H,6-7H2,1-3H3,(H,16,17)(H,18,19). The number of hydrogen-bond donors (Lipinski definition) is 3. The fraction of sp³-hybridized carbons (Fsp3) is 0.429. The molecule has 0 aliphatic carbocycles. The number of nitrogens with one attached hydrogen (secondary N) is 1. The Balaban J connectivity index is 2.77. The maximum absolute atomic E-state index is 10.9. The number of carbonyl (C=O) groups is 2. The maximum Gasteiger partial charge on any atom is 0.321 e. The normalized spacial score (nSPS) is 12.2. The molecule has 0 spiro atoms. The predicted molar refractivity (Wildman–Crippen MR) is 71.2 cm³/mol. The van der Waals surface area contributed by atoms with Crippen LogP contribution in [0.1, 0.15) is 28.7 Å². The highest BCUT2D eigenvalue weighted by molar-refractivity contribution is 5.80. The van der Waals surface area contributed by atoms with E-state index in [-0.39, 0.29) is 0 Å². The van der Waals surface area contributed by atoms with Crippen molar-refractivity contribution in [3.05, 3.63) is 34.4 Å². The van der Waals surface area contributed by atoms with Gasteiger partial charge in [-0.1, -0.05) is 12.1 Å². The van der Waals surface area contributed by atoms with Crippen LogP contribution in [0.2, 0.25) is 0 Å². The molecule has 0 saturated carbocycles. The van der Waals surface area contributed by atoms with E-state index in [9.17, 15) is 9.59 Å². The van der Waals surface area contributed by atoms with Gasteiger partial charge in [0.15, 0.2) is 0 Å². The first-order valence-corrected chi connectivity index (χ1v) is 6.06. The van der Waals surface area contributed by atoms with E-state index in [1.54, 1.807) is 0 Å². The first-order valence-electron chi connectivity index (χ1n) is 6.06. The van der Waals surface area contributed by atoms with Crippen molar-refractivity contribution in [1.29, 1.82) is 0 Å². The third kappa shape index (κ3) is 4.37. The van der Waals surface area contributed by atoms with Crippen molar-refractivity contribution >= 4 is 11.9 Å². The highest BCUT2D eigenvalue weighted by Crippen LogP contribution is 2.15. The van der Waals surface area contributed by atoms with Gasteiger partial charge in [0.05, 0.1) is 6.42 Å². The zero-order valence-corrected chi connectivity index (χ0v) is 11.4. The van der Waals surface area contributed by atoms with Crippen LogP contribution >= 0.6 is 0 Å². The van der Waals surface area contributed by atoms with E-state index >= 15 is 0 Å². The second-order valence-corrected chi connectivity index (χ2v) is 4.73. The summed E-state index contributed by atoms with van der Waals surface area (Å²) in [6.45, 7) is 6.31. The highest BCUT2D eigenvalue weighted by atomic mass is 16.4. The molecule has 0 radical (unpaired) electrons. The van der Waals surface area contributed by atoms with Crippen molar-refractivity contribution < 1.29 is 19.8 Å². The Hall–Kier alpha value is -1.88. The minimum Gasteiger partial charge on any atom is -0.481 e. The Kier molecular flexibility index (Phi) is 5.06. The molecule has 0 bridgehead atoms. The fourth-order valence-electron chi connectivity index (χ4n) is 1.87. The second kappa shape index (κ2) is 6.33. The van der Waals surface area contributed by atoms with Crippen molar-refractivity contribution in [2.45, 2.75) is 39.8 Å². The molecule has 0 saturated heterocycles. The fourth-order valence-corrected chi connectivity index (χ4v) is 1.87. The number of hydrogen-bond acceptors (Lipinski definition) is 3. The average Bonchev–Trinajstić information content (AvgIpc) is 2.29. The van der Waals surface area contributed by atoms with E-state index in [4.69, 9.17) is 10.2 Å². The number of rotatable bonds is 6. The summed E-state index contributed by atoms with van der Waals surface area (Å²) in [5, 5.41) is 20.4. The van der Waals surface area contributed by atoms with E-state index in [1.807, 2.05) is 32.9 Å². The van der Waals surface area contributed by atoms with Gasteiger partial charge in [0.1, 0.15) is 6.04 Å². The van der Waals surface area contributed by atoms with Crippen LogP contribution < -0.4 is 5.32 Å². The summed E-state index contributed by atoms with van der Waals surface area (Å²) in [4.78, 5) is 21.5. The van der Waals surface area contributed by atoms with Crippen LogP contribution in [-0.4, -0.2) is 28.2 Å². The van der Waals surface area contributed by atoms with E-state index in [0.29, 0.717) is 6.54 Å². The van der Waals surface area contributed by atoms with E-state index in [1.165, 1.54) is 5.56 Å². The van der Waals surface area contributed by atoms with Gasteiger partial charge in [0, 0.05) is 6.54 Å². The first kappa shape index (κ1) is 15.2. The van der Waals surface area contributed by atoms with E-state index < -0.39 is 24.4 Å². The van der Waals surface area contributed by atoms with Gasteiger partial charge < -0.3 is 10.2 Å². The van der Waals surface area contributed by atoms with Gasteiger partial charge in [-0.3, -0.25) is 14.9 Å². The minimum atomic E-state index is -1.15. The molecule has 3 N–H and O–H groups in total. The van der Waals surface area contributed by atoms with Gasteiger partial charge in [-0.15, -0.1) is 0 Å². The third-order valence-electron chi connectivity index (χ3n) is 3.17. The Morgan fingerprint density at radius 2 is 1.68 bits per heavy atom. The van der Waals surface area contributed by atoms with Crippen LogP contribution in [0.15, 0.2) is 12.1 Å². The molecule has 1 rings (SSSR count). The second-order valence-electron chi connectivity index (χ2n) is 4.73. The summed E-state index contributed by atoms with van der Waals surface area (Å²) in [5.74, 6) is -2.28. The molecular formula is C14H19NO4. The quantitative estimate of drug-likeness (QED) is 0.727. The van der Waals surface area contributed by atoms with Crippen LogP contribution in [-0.2, 0) is 16.1 Å². The Labute approximate surface area is 112 Å². The maximum atomic E-state index is 10.9. The zero-order chi connectivity index (χ0) is 14.6. The van der Waals surface area contributed by atoms with Crippen LogP contribution in [0.3, 0.4) is 0 Å². The molecule has 5 heteroatoms. The average molecular weight is 265 g/mol. The van der Waals surface area contributed by atoms with E-state index in [0.717, 1.165) is 16.7 Å². The van der Waals surface area contributed by atoms with Crippen molar-refractivity contribution in [1.82, 2.24) is 5.32 Å². The lowest BCUT2D eigenvalue weighted by Gasteiger charge is -2.15. The predicted octanol–water partition coefficient (Wildman–Crippen LogP) is 1.63. The smallest absolute Gasteiger partial charge is 0.321 e. The highest BCUT2D eigenvalue weighted by Gasteiger charge is 2.20. The lowest BCUT2D eigenvalue weighted by molar-refractivity contribution is -0.146. The van der Waals surface area contributed by atoms with Crippen LogP contribution in [0.4, 0.5) is 0 Å². The lowest BCUT2D eigenvalue weighted by Crippen LogP contribution is -2.38. The molecule has 1 aromatic rings. The molecule has 104 valence electrons. The van der Waals surface area contributed by atoms with Gasteiger partial charge in [0.25, 0.3) is 0 Å². The van der Waals surface area contributed by atoms with Crippen molar-refractivity contribution in [3.8, 4) is 0 Å². The number of benzene rings is 1. The number of aryl methyl sites for hydroxylation is 3. The molecule has 0 fully saturated rings. The zero-order valence-electron chi connectivity index (χ0n) is 11.4. The lowest BCUT2D eigenvalue weighted by atomic mass is 10.0. The summed E-state index contributed by atoms with van der Waals surface area (Å²) < 4.78 is 0. The summed E-state index contributed by atoms with van der Waals surface area (Å²) in [6, 6.07) is 2.97. The molecule has 1 aromatic carbocycles. The molecule has 0 aliphatic heterocycles. The van der Waals surface area contributed by atoms with Gasteiger partial charge in [-0.25, -0.2) is 0 Å². The molecule has 0 aliphatic rings. The van der Waals surface area contributed by atoms with Gasteiger partial charge in [0.2, 0.25) is 0 Å². The summed E-state index contributed by atoms with van der Waals surface area (Å²) in [5.41, 5.74) is 4.36. The molecule has 1 unspecified atom stereocenters. The van der Waals surface area contributed by atoms with Crippen molar-refractivity contribution in [2.75, 3.05) is 0 Å². The van der Waals surface area contributed by atoms with Crippen LogP contribution in [0.5, 0.6) is 0 Å². The summed E-state index contributed by atoms with van der Waals surface area (Å²) >= 11 is 0. The van der Waals surface area contributed by atoms with Gasteiger partial charge in [-0.05, 0) is 43.0 Å². The first-order chi connectivity index (χ1) is 8.81. The molecule has 19 heavy (non-hydrogen) atoms. The molecule has 0 heterocycles. The summed E-state index contributed by atoms with van der Waals surface area (Å²) in [6.07, 6.45) is -0.431. The molecule has 5 nitrogen and oxygen atoms in total. The van der Waals surface area contributed by atoms with Crippen molar-refractivity contribution in [2.24, 2.45) is 0 Å². The molecule has 0 amide bonds. The van der Waals surface area contributed by atoms with Gasteiger partial charge >= 0.3 is 11.9 Å². The Bertz CT molecular complexity index is 496. The van der Waals surface area contributed by atoms with Crippen molar-refractivity contribution in [3.63, 3.8) is 0 Å². The molecule has 0 aromatic heterocycles. The Morgan fingerprint density at radius 3 is 2.21 bits per heavy atom. The number of carboxylic acids is 2. The number of carboxylic acid groups (broad SMARTS) is 2. The summed E-state index contributed by atoms with van der Waals surface area (Å²) in [7, 11) is 0. The number of aliphatic carboxylic acids is 2. The van der Waals surface area contributed by atoms with Crippen LogP contribution in [0.25, 0.3) is 0 Å². The topological polar surface area (TPSA) is 86.6 Å². The monoisotopic (exact) mass is 265 g/mol. The van der Waals surface area contributed by atoms with E-state index in [2.05, 4.69) is 5.32 Å². The Morgan fingerprint density at radius 1 is 1.11 bits per heavy atom. The minimum absolute atomic E-state index is 0.344. The van der Waals surface area contributed by atoms with Gasteiger partial charge in [-0.2, -0.15) is 0 Å². The third-order valence-corrected chi connectivity index (χ3v) is 3.17.